The van der Waals surface area contributed by atoms with Crippen LogP contribution in [-0.2, 0) is 10.0 Å². The van der Waals surface area contributed by atoms with E-state index in [1.54, 1.807) is 54.9 Å². The molecule has 0 saturated carbocycles. The number of thiocarbonyl (C=S) groups is 1. The SMILES string of the molecule is CCN(CC)P(=NC(=S)Nc1cccc(S(=O)(=O)Nc2ccc(Cl)cc2)c1)(c1ccncc1)N(CC)CC. The van der Waals surface area contributed by atoms with E-state index in [1.165, 1.54) is 6.07 Å². The van der Waals surface area contributed by atoms with Crippen LogP contribution < -0.4 is 15.3 Å². The smallest absolute Gasteiger partial charge is 0.261 e. The van der Waals surface area contributed by atoms with Gasteiger partial charge in [0.25, 0.3) is 10.0 Å². The molecule has 0 unspecified atom stereocenters. The lowest BCUT2D eigenvalue weighted by atomic mass is 10.3. The molecule has 0 saturated heterocycles. The van der Waals surface area contributed by atoms with E-state index in [2.05, 4.69) is 52.1 Å². The summed E-state index contributed by atoms with van der Waals surface area (Å²) in [7, 11) is -6.28. The summed E-state index contributed by atoms with van der Waals surface area (Å²) in [5.41, 5.74) is 0.952. The molecule has 38 heavy (non-hydrogen) atoms. The van der Waals surface area contributed by atoms with E-state index in [9.17, 15) is 8.42 Å². The first-order chi connectivity index (χ1) is 18.2. The highest BCUT2D eigenvalue weighted by Crippen LogP contribution is 2.55. The number of hydrogen-bond acceptors (Lipinski definition) is 4. The Kier molecular flexibility index (Phi) is 10.8. The molecular weight excluding hydrogens is 559 g/mol. The fourth-order valence-corrected chi connectivity index (χ4v) is 9.70. The van der Waals surface area contributed by atoms with Crippen molar-refractivity contribution < 1.29 is 8.42 Å². The first-order valence-corrected chi connectivity index (χ1v) is 16.3. The van der Waals surface area contributed by atoms with Crippen LogP contribution in [0.15, 0.2) is 82.7 Å². The highest BCUT2D eigenvalue weighted by molar-refractivity contribution is 7.92. The van der Waals surface area contributed by atoms with Crippen molar-refractivity contribution in [3.63, 3.8) is 0 Å². The van der Waals surface area contributed by atoms with Crippen molar-refractivity contribution in [1.29, 1.82) is 0 Å². The molecule has 204 valence electrons. The maximum absolute atomic E-state index is 13.0. The van der Waals surface area contributed by atoms with Crippen LogP contribution in [0.25, 0.3) is 0 Å². The van der Waals surface area contributed by atoms with Crippen LogP contribution in [0.5, 0.6) is 0 Å². The van der Waals surface area contributed by atoms with Crippen LogP contribution in [-0.4, -0.2) is 54.0 Å². The van der Waals surface area contributed by atoms with Crippen LogP contribution in [0.1, 0.15) is 27.7 Å². The summed E-state index contributed by atoms with van der Waals surface area (Å²) in [6, 6.07) is 17.0. The quantitative estimate of drug-likeness (QED) is 0.200. The van der Waals surface area contributed by atoms with Gasteiger partial charge in [-0.15, -0.1) is 0 Å². The lowest BCUT2D eigenvalue weighted by Crippen LogP contribution is -2.38. The number of rotatable bonds is 11. The number of nitrogens with zero attached hydrogens (tertiary/aromatic N) is 4. The summed E-state index contributed by atoms with van der Waals surface area (Å²) in [6.45, 7) is 11.7. The molecule has 0 aliphatic rings. The van der Waals surface area contributed by atoms with Crippen LogP contribution >= 0.6 is 31.2 Å². The van der Waals surface area contributed by atoms with Crippen molar-refractivity contribution in [2.75, 3.05) is 36.2 Å². The van der Waals surface area contributed by atoms with Gasteiger partial charge in [0.1, 0.15) is 7.36 Å². The monoisotopic (exact) mass is 592 g/mol. The van der Waals surface area contributed by atoms with Gasteiger partial charge in [-0.2, -0.15) is 0 Å². The summed E-state index contributed by atoms with van der Waals surface area (Å²) in [4.78, 5) is 4.32. The summed E-state index contributed by atoms with van der Waals surface area (Å²) in [5.74, 6) is 0. The normalized spacial score (nSPS) is 12.0. The van der Waals surface area contributed by atoms with Crippen LogP contribution in [0.3, 0.4) is 0 Å². The average molecular weight is 593 g/mol. The second-order valence-corrected chi connectivity index (χ2v) is 13.7. The van der Waals surface area contributed by atoms with Gasteiger partial charge in [0.15, 0.2) is 5.11 Å². The second kappa shape index (κ2) is 13.6. The Labute approximate surface area is 236 Å². The third-order valence-electron chi connectivity index (χ3n) is 5.98. The lowest BCUT2D eigenvalue weighted by molar-refractivity contribution is 0.421. The molecule has 0 aliphatic carbocycles. The maximum atomic E-state index is 13.0. The Morgan fingerprint density at radius 2 is 1.50 bits per heavy atom. The molecule has 12 heteroatoms. The van der Waals surface area contributed by atoms with E-state index in [1.807, 2.05) is 12.1 Å². The number of hydrogen-bond donors (Lipinski definition) is 2. The van der Waals surface area contributed by atoms with Gasteiger partial charge in [0, 0.05) is 60.3 Å². The number of aromatic nitrogens is 1. The van der Waals surface area contributed by atoms with Crippen molar-refractivity contribution >= 4 is 63.0 Å². The zero-order valence-electron chi connectivity index (χ0n) is 22.0. The number of pyridine rings is 1. The van der Waals surface area contributed by atoms with Crippen molar-refractivity contribution in [2.45, 2.75) is 32.6 Å². The van der Waals surface area contributed by atoms with Crippen LogP contribution in [0.2, 0.25) is 5.02 Å². The number of benzene rings is 2. The Hall–Kier alpha value is -2.33. The molecule has 0 amide bonds. The van der Waals surface area contributed by atoms with E-state index >= 15 is 0 Å². The molecule has 0 aliphatic heterocycles. The molecule has 0 radical (unpaired) electrons. The Morgan fingerprint density at radius 3 is 2.05 bits per heavy atom. The van der Waals surface area contributed by atoms with Crippen LogP contribution in [0, 0.1) is 0 Å². The number of sulfonamides is 1. The molecular formula is C26H34ClN6O2PS2. The van der Waals surface area contributed by atoms with Gasteiger partial charge in [0.05, 0.1) is 4.90 Å². The second-order valence-electron chi connectivity index (χ2n) is 8.22. The summed E-state index contributed by atoms with van der Waals surface area (Å²) in [5, 5.41) is 5.04. The maximum Gasteiger partial charge on any atom is 0.261 e. The third kappa shape index (κ3) is 7.00. The van der Waals surface area contributed by atoms with Crippen molar-refractivity contribution in [3.8, 4) is 0 Å². The molecule has 1 aromatic heterocycles. The summed E-state index contributed by atoms with van der Waals surface area (Å²) < 4.78 is 38.6. The standard InChI is InChI=1S/C26H34ClN6O2PS2/c1-5-32(6-2)36(33(7-3)8-4,24-16-18-28-19-17-24)30-26(37)29-23-10-9-11-25(20-23)38(34,35)31-22-14-12-21(27)13-15-22/h9-20,31H,5-8H2,1-4H3,(H,29,37). The van der Waals surface area contributed by atoms with E-state index in [0.717, 1.165) is 31.5 Å². The molecule has 0 atom stereocenters. The minimum atomic E-state index is -3.83. The molecule has 2 aromatic carbocycles. The van der Waals surface area contributed by atoms with Gasteiger partial charge in [0.2, 0.25) is 0 Å². The van der Waals surface area contributed by atoms with Crippen molar-refractivity contribution in [3.05, 3.63) is 78.1 Å². The average Bonchev–Trinajstić information content (AvgIpc) is 2.91. The Bertz CT molecular complexity index is 1360. The largest absolute Gasteiger partial charge is 0.331 e. The number of nitrogens with one attached hydrogen (secondary N) is 2. The first-order valence-electron chi connectivity index (χ1n) is 12.4. The van der Waals surface area contributed by atoms with Gasteiger partial charge in [-0.25, -0.2) is 13.2 Å². The molecule has 1 heterocycles. The lowest BCUT2D eigenvalue weighted by Gasteiger charge is -2.42. The Morgan fingerprint density at radius 1 is 0.921 bits per heavy atom. The van der Waals surface area contributed by atoms with Gasteiger partial charge in [-0.05, 0) is 66.8 Å². The molecule has 3 aromatic rings. The predicted octanol–water partition coefficient (Wildman–Crippen LogP) is 6.27. The summed E-state index contributed by atoms with van der Waals surface area (Å²) in [6.07, 6.45) is 3.57. The molecule has 0 bridgehead atoms. The van der Waals surface area contributed by atoms with Crippen molar-refractivity contribution in [2.24, 2.45) is 4.74 Å². The summed E-state index contributed by atoms with van der Waals surface area (Å²) >= 11 is 11.7. The van der Waals surface area contributed by atoms with E-state index in [0.29, 0.717) is 16.4 Å². The van der Waals surface area contributed by atoms with Gasteiger partial charge in [-0.3, -0.25) is 19.0 Å². The zero-order valence-corrected chi connectivity index (χ0v) is 25.3. The third-order valence-corrected chi connectivity index (χ3v) is 12.1. The minimum Gasteiger partial charge on any atom is -0.331 e. The Balaban J connectivity index is 2.00. The van der Waals surface area contributed by atoms with E-state index in [-0.39, 0.29) is 10.0 Å². The van der Waals surface area contributed by atoms with Gasteiger partial charge >= 0.3 is 0 Å². The number of anilines is 2. The molecule has 8 nitrogen and oxygen atoms in total. The highest BCUT2D eigenvalue weighted by atomic mass is 35.5. The zero-order chi connectivity index (χ0) is 27.8. The number of halogens is 1. The predicted molar refractivity (Wildman–Crippen MR) is 164 cm³/mol. The van der Waals surface area contributed by atoms with Gasteiger partial charge in [-0.1, -0.05) is 45.4 Å². The first kappa shape index (κ1) is 30.2. The van der Waals surface area contributed by atoms with Gasteiger partial charge < -0.3 is 5.32 Å². The van der Waals surface area contributed by atoms with Crippen molar-refractivity contribution in [1.82, 2.24) is 14.3 Å². The van der Waals surface area contributed by atoms with E-state index < -0.39 is 17.4 Å². The van der Waals surface area contributed by atoms with Crippen LogP contribution in [0.4, 0.5) is 11.4 Å². The fraction of sp³-hybridized carbons (Fsp3) is 0.308. The molecule has 0 fully saturated rings. The molecule has 3 rings (SSSR count). The topological polar surface area (TPSA) is 89.9 Å². The minimum absolute atomic E-state index is 0.0999. The fourth-order valence-electron chi connectivity index (χ4n) is 4.22. The highest BCUT2D eigenvalue weighted by Gasteiger charge is 2.34. The molecule has 2 N–H and O–H groups in total. The van der Waals surface area contributed by atoms with E-state index in [4.69, 9.17) is 28.6 Å². The molecule has 0 spiro atoms.